The molecule has 1 N–H and O–H groups in total. The van der Waals surface area contributed by atoms with Crippen molar-refractivity contribution in [1.82, 2.24) is 20.4 Å². The van der Waals surface area contributed by atoms with Crippen molar-refractivity contribution in [3.05, 3.63) is 47.6 Å². The smallest absolute Gasteiger partial charge is 0.240 e. The van der Waals surface area contributed by atoms with Crippen LogP contribution in [0, 0.1) is 0 Å². The average Bonchev–Trinajstić information content (AvgIpc) is 2.84. The molecule has 0 aliphatic carbocycles. The van der Waals surface area contributed by atoms with Crippen molar-refractivity contribution in [1.29, 1.82) is 0 Å². The Morgan fingerprint density at radius 3 is 2.75 bits per heavy atom. The van der Waals surface area contributed by atoms with E-state index >= 15 is 0 Å². The van der Waals surface area contributed by atoms with Crippen LogP contribution in [0.25, 0.3) is 0 Å². The van der Waals surface area contributed by atoms with Crippen LogP contribution in [0.15, 0.2) is 34.9 Å². The quantitative estimate of drug-likeness (QED) is 0.862. The molecule has 1 saturated heterocycles. The summed E-state index contributed by atoms with van der Waals surface area (Å²) in [6.07, 6.45) is 0.724. The van der Waals surface area contributed by atoms with Crippen LogP contribution < -0.4 is 5.32 Å². The molecule has 20 heavy (non-hydrogen) atoms. The molecule has 0 atom stereocenters. The molecule has 1 aromatic heterocycles. The molecule has 2 heterocycles. The topological polar surface area (TPSA) is 54.2 Å². The molecule has 106 valence electrons. The molecule has 0 amide bonds. The SMILES string of the molecule is CCN(Cc1nc(Cc2ccccc2)no1)C1CNC1. The first-order valence-electron chi connectivity index (χ1n) is 7.15. The van der Waals surface area contributed by atoms with Crippen molar-refractivity contribution < 1.29 is 4.52 Å². The highest BCUT2D eigenvalue weighted by atomic mass is 16.5. The van der Waals surface area contributed by atoms with Gasteiger partial charge in [-0.05, 0) is 12.1 Å². The molecule has 1 aliphatic rings. The molecule has 3 rings (SSSR count). The fraction of sp³-hybridized carbons (Fsp3) is 0.467. The summed E-state index contributed by atoms with van der Waals surface area (Å²) in [5.41, 5.74) is 1.20. The predicted octanol–water partition coefficient (Wildman–Crippen LogP) is 1.45. The maximum atomic E-state index is 5.36. The molecule has 5 heteroatoms. The summed E-state index contributed by atoms with van der Waals surface area (Å²) in [7, 11) is 0. The van der Waals surface area contributed by atoms with Gasteiger partial charge in [-0.3, -0.25) is 4.90 Å². The van der Waals surface area contributed by atoms with Gasteiger partial charge in [0.15, 0.2) is 5.82 Å². The Balaban J connectivity index is 1.61. The van der Waals surface area contributed by atoms with E-state index in [2.05, 4.69) is 39.4 Å². The molecule has 0 radical (unpaired) electrons. The van der Waals surface area contributed by atoms with E-state index in [1.807, 2.05) is 18.2 Å². The fourth-order valence-electron chi connectivity index (χ4n) is 2.41. The third-order valence-electron chi connectivity index (χ3n) is 3.74. The number of likely N-dealkylation sites (N-methyl/N-ethyl adjacent to an activating group) is 1. The van der Waals surface area contributed by atoms with Crippen molar-refractivity contribution in [2.24, 2.45) is 0 Å². The van der Waals surface area contributed by atoms with E-state index in [0.717, 1.165) is 38.4 Å². The van der Waals surface area contributed by atoms with Crippen LogP contribution in [0.5, 0.6) is 0 Å². The highest BCUT2D eigenvalue weighted by Gasteiger charge is 2.24. The molecule has 5 nitrogen and oxygen atoms in total. The van der Waals surface area contributed by atoms with E-state index < -0.39 is 0 Å². The Kier molecular flexibility index (Phi) is 4.08. The van der Waals surface area contributed by atoms with E-state index in [-0.39, 0.29) is 0 Å². The Morgan fingerprint density at radius 2 is 2.10 bits per heavy atom. The normalized spacial score (nSPS) is 15.5. The van der Waals surface area contributed by atoms with E-state index in [4.69, 9.17) is 4.52 Å². The van der Waals surface area contributed by atoms with Crippen molar-refractivity contribution >= 4 is 0 Å². The molecule has 2 aromatic rings. The number of hydrogen-bond acceptors (Lipinski definition) is 5. The average molecular weight is 272 g/mol. The van der Waals surface area contributed by atoms with E-state index in [1.54, 1.807) is 0 Å². The highest BCUT2D eigenvalue weighted by molar-refractivity contribution is 5.18. The summed E-state index contributed by atoms with van der Waals surface area (Å²) in [6.45, 7) is 6.02. The Hall–Kier alpha value is -1.72. The number of rotatable bonds is 6. The van der Waals surface area contributed by atoms with Gasteiger partial charge in [0.25, 0.3) is 0 Å². The molecule has 0 bridgehead atoms. The zero-order valence-electron chi connectivity index (χ0n) is 11.7. The van der Waals surface area contributed by atoms with Crippen LogP contribution in [0.2, 0.25) is 0 Å². The van der Waals surface area contributed by atoms with Crippen molar-refractivity contribution in [2.75, 3.05) is 19.6 Å². The largest absolute Gasteiger partial charge is 0.338 e. The van der Waals surface area contributed by atoms with Crippen molar-refractivity contribution in [3.63, 3.8) is 0 Å². The van der Waals surface area contributed by atoms with Crippen molar-refractivity contribution in [2.45, 2.75) is 25.9 Å². The number of aromatic nitrogens is 2. The Labute approximate surface area is 119 Å². The zero-order valence-corrected chi connectivity index (χ0v) is 11.7. The first-order valence-corrected chi connectivity index (χ1v) is 7.15. The van der Waals surface area contributed by atoms with Gasteiger partial charge in [0.2, 0.25) is 5.89 Å². The number of benzene rings is 1. The van der Waals surface area contributed by atoms with Gasteiger partial charge in [0.05, 0.1) is 6.54 Å². The zero-order chi connectivity index (χ0) is 13.8. The minimum atomic E-state index is 0.601. The first-order chi connectivity index (χ1) is 9.85. The van der Waals surface area contributed by atoms with Gasteiger partial charge in [0, 0.05) is 25.6 Å². The highest BCUT2D eigenvalue weighted by Crippen LogP contribution is 2.11. The van der Waals surface area contributed by atoms with Gasteiger partial charge in [-0.2, -0.15) is 4.98 Å². The number of nitrogens with one attached hydrogen (secondary N) is 1. The van der Waals surface area contributed by atoms with Gasteiger partial charge in [-0.15, -0.1) is 0 Å². The molecule has 0 unspecified atom stereocenters. The van der Waals surface area contributed by atoms with Gasteiger partial charge >= 0.3 is 0 Å². The third-order valence-corrected chi connectivity index (χ3v) is 3.74. The molecule has 0 saturated carbocycles. The van der Waals surface area contributed by atoms with Gasteiger partial charge in [-0.25, -0.2) is 0 Å². The minimum Gasteiger partial charge on any atom is -0.338 e. The maximum Gasteiger partial charge on any atom is 0.240 e. The maximum absolute atomic E-state index is 5.36. The van der Waals surface area contributed by atoms with E-state index in [0.29, 0.717) is 11.9 Å². The lowest BCUT2D eigenvalue weighted by molar-refractivity contribution is 0.129. The minimum absolute atomic E-state index is 0.601. The fourth-order valence-corrected chi connectivity index (χ4v) is 2.41. The molecule has 0 spiro atoms. The summed E-state index contributed by atoms with van der Waals surface area (Å²) in [4.78, 5) is 6.87. The van der Waals surface area contributed by atoms with E-state index in [9.17, 15) is 0 Å². The molecule has 1 aromatic carbocycles. The second kappa shape index (κ2) is 6.15. The second-order valence-electron chi connectivity index (χ2n) is 5.14. The summed E-state index contributed by atoms with van der Waals surface area (Å²) < 4.78 is 5.36. The van der Waals surface area contributed by atoms with Crippen LogP contribution in [-0.4, -0.2) is 40.7 Å². The molecule has 1 fully saturated rings. The Morgan fingerprint density at radius 1 is 1.30 bits per heavy atom. The van der Waals surface area contributed by atoms with E-state index in [1.165, 1.54) is 5.56 Å². The van der Waals surface area contributed by atoms with Crippen LogP contribution in [0.4, 0.5) is 0 Å². The third kappa shape index (κ3) is 3.05. The van der Waals surface area contributed by atoms with Gasteiger partial charge < -0.3 is 9.84 Å². The van der Waals surface area contributed by atoms with Gasteiger partial charge in [0.1, 0.15) is 0 Å². The monoisotopic (exact) mass is 272 g/mol. The summed E-state index contributed by atoms with van der Waals surface area (Å²) in [5, 5.41) is 7.36. The first kappa shape index (κ1) is 13.3. The molecular formula is C15H20N4O. The lowest BCUT2D eigenvalue weighted by atomic mass is 10.1. The second-order valence-corrected chi connectivity index (χ2v) is 5.14. The standard InChI is InChI=1S/C15H20N4O/c1-2-19(13-9-16-10-13)11-15-17-14(18-20-15)8-12-6-4-3-5-7-12/h3-7,13,16H,2,8-11H2,1H3. The van der Waals surface area contributed by atoms with Crippen LogP contribution in [0.1, 0.15) is 24.2 Å². The number of hydrogen-bond donors (Lipinski definition) is 1. The van der Waals surface area contributed by atoms with Crippen LogP contribution in [0.3, 0.4) is 0 Å². The van der Waals surface area contributed by atoms with Crippen molar-refractivity contribution in [3.8, 4) is 0 Å². The summed E-state index contributed by atoms with van der Waals surface area (Å²) in [6, 6.07) is 10.8. The lowest BCUT2D eigenvalue weighted by Crippen LogP contribution is -2.56. The molecular weight excluding hydrogens is 252 g/mol. The predicted molar refractivity (Wildman–Crippen MR) is 76.3 cm³/mol. The summed E-state index contributed by atoms with van der Waals surface area (Å²) >= 11 is 0. The lowest BCUT2D eigenvalue weighted by Gasteiger charge is -2.36. The molecule has 1 aliphatic heterocycles. The number of nitrogens with zero attached hydrogens (tertiary/aromatic N) is 3. The van der Waals surface area contributed by atoms with Crippen LogP contribution >= 0.6 is 0 Å². The Bertz CT molecular complexity index is 536. The summed E-state index contributed by atoms with van der Waals surface area (Å²) in [5.74, 6) is 1.47. The van der Waals surface area contributed by atoms with Gasteiger partial charge in [-0.1, -0.05) is 42.4 Å². The van der Waals surface area contributed by atoms with Crippen LogP contribution in [-0.2, 0) is 13.0 Å².